The fourth-order valence-corrected chi connectivity index (χ4v) is 3.01. The first-order chi connectivity index (χ1) is 13.8. The number of amides is 1. The van der Waals surface area contributed by atoms with Crippen molar-refractivity contribution in [2.24, 2.45) is 0 Å². The Kier molecular flexibility index (Phi) is 6.12. The Morgan fingerprint density at radius 3 is 2.24 bits per heavy atom. The summed E-state index contributed by atoms with van der Waals surface area (Å²) in [5, 5.41) is 6.17. The molecule has 2 N–H and O–H groups in total. The van der Waals surface area contributed by atoms with Gasteiger partial charge in [-0.05, 0) is 48.2 Å². The van der Waals surface area contributed by atoms with Crippen LogP contribution in [0.15, 0.2) is 54.9 Å². The standard InChI is InChI=1S/C23H27N5O/c1-15(2)20-8-6-7-16(3)21(20)27-22(29)17-13-24-23(25-14-17)26-18-9-11-19(12-10-18)28(4)5/h6-15H,1-5H3,(H,27,29)(H,24,25,26). The van der Waals surface area contributed by atoms with E-state index < -0.39 is 0 Å². The van der Waals surface area contributed by atoms with Gasteiger partial charge in [0.25, 0.3) is 5.91 Å². The van der Waals surface area contributed by atoms with E-state index in [0.29, 0.717) is 17.4 Å². The lowest BCUT2D eigenvalue weighted by Gasteiger charge is -2.16. The third-order valence-corrected chi connectivity index (χ3v) is 4.72. The number of hydrogen-bond donors (Lipinski definition) is 2. The van der Waals surface area contributed by atoms with Crippen LogP contribution in [0, 0.1) is 6.92 Å². The van der Waals surface area contributed by atoms with Crippen LogP contribution in [0.1, 0.15) is 41.3 Å². The smallest absolute Gasteiger partial charge is 0.258 e. The summed E-state index contributed by atoms with van der Waals surface area (Å²) < 4.78 is 0. The van der Waals surface area contributed by atoms with Gasteiger partial charge in [-0.1, -0.05) is 32.0 Å². The van der Waals surface area contributed by atoms with E-state index in [1.54, 1.807) is 0 Å². The van der Waals surface area contributed by atoms with Gasteiger partial charge in [0.15, 0.2) is 0 Å². The number of rotatable bonds is 6. The molecule has 29 heavy (non-hydrogen) atoms. The molecular formula is C23H27N5O. The maximum absolute atomic E-state index is 12.7. The average molecular weight is 390 g/mol. The van der Waals surface area contributed by atoms with Crippen molar-refractivity contribution >= 4 is 28.9 Å². The molecule has 2 aromatic carbocycles. The molecule has 0 bridgehead atoms. The summed E-state index contributed by atoms with van der Waals surface area (Å²) in [5.41, 5.74) is 5.41. The molecular weight excluding hydrogens is 362 g/mol. The molecule has 0 unspecified atom stereocenters. The van der Waals surface area contributed by atoms with E-state index in [9.17, 15) is 4.79 Å². The summed E-state index contributed by atoms with van der Waals surface area (Å²) in [5.74, 6) is 0.535. The molecule has 6 heteroatoms. The normalized spacial score (nSPS) is 10.7. The van der Waals surface area contributed by atoms with Gasteiger partial charge in [-0.15, -0.1) is 0 Å². The van der Waals surface area contributed by atoms with Crippen molar-refractivity contribution in [3.8, 4) is 0 Å². The van der Waals surface area contributed by atoms with Crippen LogP contribution in [0.4, 0.5) is 23.0 Å². The second-order valence-electron chi connectivity index (χ2n) is 7.51. The first-order valence-corrected chi connectivity index (χ1v) is 9.62. The van der Waals surface area contributed by atoms with Gasteiger partial charge in [0, 0.05) is 43.6 Å². The lowest BCUT2D eigenvalue weighted by Crippen LogP contribution is -2.15. The molecule has 150 valence electrons. The average Bonchev–Trinajstić information content (AvgIpc) is 2.70. The second kappa shape index (κ2) is 8.73. The lowest BCUT2D eigenvalue weighted by molar-refractivity contribution is 0.102. The number of carbonyl (C=O) groups is 1. The number of aromatic nitrogens is 2. The van der Waals surface area contributed by atoms with Crippen molar-refractivity contribution in [3.05, 3.63) is 71.5 Å². The quantitative estimate of drug-likeness (QED) is 0.623. The fourth-order valence-electron chi connectivity index (χ4n) is 3.01. The molecule has 0 aliphatic rings. The van der Waals surface area contributed by atoms with Crippen LogP contribution in [0.25, 0.3) is 0 Å². The molecule has 0 saturated carbocycles. The second-order valence-corrected chi connectivity index (χ2v) is 7.51. The van der Waals surface area contributed by atoms with Crippen LogP contribution >= 0.6 is 0 Å². The highest BCUT2D eigenvalue weighted by molar-refractivity contribution is 6.04. The first kappa shape index (κ1) is 20.3. The van der Waals surface area contributed by atoms with Crippen molar-refractivity contribution in [1.29, 1.82) is 0 Å². The minimum Gasteiger partial charge on any atom is -0.378 e. The fraction of sp³-hybridized carbons (Fsp3) is 0.261. The molecule has 0 fully saturated rings. The van der Waals surface area contributed by atoms with Crippen LogP contribution in [-0.2, 0) is 0 Å². The SMILES string of the molecule is Cc1cccc(C(C)C)c1NC(=O)c1cnc(Nc2ccc(N(C)C)cc2)nc1. The molecule has 0 atom stereocenters. The van der Waals surface area contributed by atoms with Gasteiger partial charge in [0.05, 0.1) is 5.56 Å². The van der Waals surface area contributed by atoms with Crippen LogP contribution in [-0.4, -0.2) is 30.0 Å². The maximum atomic E-state index is 12.7. The summed E-state index contributed by atoms with van der Waals surface area (Å²) in [6, 6.07) is 14.0. The molecule has 1 amide bonds. The number of nitrogens with zero attached hydrogens (tertiary/aromatic N) is 3. The van der Waals surface area contributed by atoms with Crippen LogP contribution in [0.2, 0.25) is 0 Å². The molecule has 1 aromatic heterocycles. The Balaban J connectivity index is 1.71. The molecule has 0 spiro atoms. The predicted octanol–water partition coefficient (Wildman–Crippen LogP) is 4.97. The van der Waals surface area contributed by atoms with E-state index in [-0.39, 0.29) is 5.91 Å². The lowest BCUT2D eigenvalue weighted by atomic mass is 9.98. The van der Waals surface area contributed by atoms with Crippen LogP contribution in [0.5, 0.6) is 0 Å². The number of hydrogen-bond acceptors (Lipinski definition) is 5. The molecule has 0 radical (unpaired) electrons. The molecule has 3 rings (SSSR count). The van der Waals surface area contributed by atoms with E-state index in [1.165, 1.54) is 12.4 Å². The van der Waals surface area contributed by atoms with Gasteiger partial charge >= 0.3 is 0 Å². The van der Waals surface area contributed by atoms with Crippen molar-refractivity contribution in [2.45, 2.75) is 26.7 Å². The highest BCUT2D eigenvalue weighted by atomic mass is 16.1. The number of nitrogens with one attached hydrogen (secondary N) is 2. The third-order valence-electron chi connectivity index (χ3n) is 4.72. The summed E-state index contributed by atoms with van der Waals surface area (Å²) in [4.78, 5) is 23.3. The number of anilines is 4. The van der Waals surface area contributed by atoms with Gasteiger partial charge < -0.3 is 15.5 Å². The zero-order chi connectivity index (χ0) is 21.0. The molecule has 1 heterocycles. The molecule has 6 nitrogen and oxygen atoms in total. The van der Waals surface area contributed by atoms with Gasteiger partial charge in [-0.3, -0.25) is 4.79 Å². The van der Waals surface area contributed by atoms with Gasteiger partial charge in [0.1, 0.15) is 0 Å². The zero-order valence-corrected chi connectivity index (χ0v) is 17.5. The highest BCUT2D eigenvalue weighted by Crippen LogP contribution is 2.28. The Bertz CT molecular complexity index is 979. The van der Waals surface area contributed by atoms with Gasteiger partial charge in [0.2, 0.25) is 5.95 Å². The number of benzene rings is 2. The maximum Gasteiger partial charge on any atom is 0.258 e. The van der Waals surface area contributed by atoms with E-state index >= 15 is 0 Å². The van der Waals surface area contributed by atoms with E-state index in [2.05, 4.69) is 34.4 Å². The number of carbonyl (C=O) groups excluding carboxylic acids is 1. The third kappa shape index (κ3) is 4.90. The molecule has 3 aromatic rings. The molecule has 0 aliphatic heterocycles. The first-order valence-electron chi connectivity index (χ1n) is 9.62. The topological polar surface area (TPSA) is 70.2 Å². The van der Waals surface area contributed by atoms with Crippen LogP contribution < -0.4 is 15.5 Å². The Morgan fingerprint density at radius 2 is 1.66 bits per heavy atom. The minimum absolute atomic E-state index is 0.219. The Hall–Kier alpha value is -3.41. The van der Waals surface area contributed by atoms with E-state index in [1.807, 2.05) is 68.4 Å². The predicted molar refractivity (Wildman–Crippen MR) is 119 cm³/mol. The highest BCUT2D eigenvalue weighted by Gasteiger charge is 2.14. The Morgan fingerprint density at radius 1 is 1.00 bits per heavy atom. The van der Waals surface area contributed by atoms with E-state index in [0.717, 1.165) is 28.2 Å². The van der Waals surface area contributed by atoms with Gasteiger partial charge in [-0.2, -0.15) is 0 Å². The molecule has 0 aliphatic carbocycles. The van der Waals surface area contributed by atoms with Crippen molar-refractivity contribution in [1.82, 2.24) is 9.97 Å². The largest absolute Gasteiger partial charge is 0.378 e. The summed E-state index contributed by atoms with van der Waals surface area (Å²) in [6.07, 6.45) is 3.07. The Labute approximate surface area is 172 Å². The van der Waals surface area contributed by atoms with Crippen molar-refractivity contribution < 1.29 is 4.79 Å². The molecule has 0 saturated heterocycles. The summed E-state index contributed by atoms with van der Waals surface area (Å²) in [6.45, 7) is 6.21. The van der Waals surface area contributed by atoms with Gasteiger partial charge in [-0.25, -0.2) is 9.97 Å². The van der Waals surface area contributed by atoms with Crippen molar-refractivity contribution in [2.75, 3.05) is 29.6 Å². The minimum atomic E-state index is -0.219. The van der Waals surface area contributed by atoms with E-state index in [4.69, 9.17) is 0 Å². The summed E-state index contributed by atoms with van der Waals surface area (Å²) in [7, 11) is 3.99. The summed E-state index contributed by atoms with van der Waals surface area (Å²) >= 11 is 0. The number of para-hydroxylation sites is 1. The number of aryl methyl sites for hydroxylation is 1. The zero-order valence-electron chi connectivity index (χ0n) is 17.5. The monoisotopic (exact) mass is 389 g/mol. The van der Waals surface area contributed by atoms with Crippen molar-refractivity contribution in [3.63, 3.8) is 0 Å². The van der Waals surface area contributed by atoms with Crippen LogP contribution in [0.3, 0.4) is 0 Å².